The first-order chi connectivity index (χ1) is 13.7. The lowest BCUT2D eigenvalue weighted by Crippen LogP contribution is -2.36. The molecule has 0 atom stereocenters. The number of para-hydroxylation sites is 1. The number of H-pyrrole nitrogens is 1. The van der Waals surface area contributed by atoms with Crippen LogP contribution in [-0.4, -0.2) is 24.4 Å². The zero-order valence-corrected chi connectivity index (χ0v) is 16.3. The lowest BCUT2D eigenvalue weighted by molar-refractivity contribution is 0.427. The molecule has 0 bridgehead atoms. The Morgan fingerprint density at radius 3 is 2.41 bits per heavy atom. The van der Waals surface area contributed by atoms with Crippen LogP contribution in [0, 0.1) is 6.57 Å². The van der Waals surface area contributed by atoms with Crippen molar-refractivity contribution >= 4 is 17.2 Å². The summed E-state index contributed by atoms with van der Waals surface area (Å²) in [7, 11) is 1.28. The molecule has 0 fully saturated rings. The Morgan fingerprint density at radius 2 is 1.83 bits per heavy atom. The van der Waals surface area contributed by atoms with E-state index in [1.807, 2.05) is 20.8 Å². The highest BCUT2D eigenvalue weighted by molar-refractivity contribution is 5.67. The Bertz CT molecular complexity index is 1250. The van der Waals surface area contributed by atoms with E-state index >= 15 is 0 Å². The third kappa shape index (κ3) is 3.45. The van der Waals surface area contributed by atoms with Crippen molar-refractivity contribution in [3.63, 3.8) is 0 Å². The maximum atomic E-state index is 12.5. The monoisotopic (exact) mass is 393 g/mol. The van der Waals surface area contributed by atoms with Crippen molar-refractivity contribution in [3.05, 3.63) is 68.3 Å². The molecule has 2 N–H and O–H groups in total. The van der Waals surface area contributed by atoms with Crippen LogP contribution < -0.4 is 11.2 Å². The van der Waals surface area contributed by atoms with Gasteiger partial charge in [0, 0.05) is 7.05 Å². The quantitative estimate of drug-likeness (QED) is 0.524. The zero-order valence-electron chi connectivity index (χ0n) is 16.3. The van der Waals surface area contributed by atoms with Crippen LogP contribution in [-0.2, 0) is 12.5 Å². The van der Waals surface area contributed by atoms with E-state index in [2.05, 4.69) is 25.3 Å². The zero-order chi connectivity index (χ0) is 21.3. The number of azo groups is 1. The fourth-order valence-electron chi connectivity index (χ4n) is 2.71. The first-order valence-electron chi connectivity index (χ1n) is 8.65. The van der Waals surface area contributed by atoms with Crippen LogP contribution in [0.15, 0.2) is 50.1 Å². The molecule has 0 amide bonds. The molecule has 0 saturated carbocycles. The highest BCUT2D eigenvalue weighted by atomic mass is 16.3. The van der Waals surface area contributed by atoms with Crippen molar-refractivity contribution in [3.8, 4) is 11.6 Å². The van der Waals surface area contributed by atoms with Gasteiger partial charge >= 0.3 is 5.69 Å². The van der Waals surface area contributed by atoms with Gasteiger partial charge in [0.2, 0.25) is 11.6 Å². The topological polar surface area (TPSA) is 122 Å². The van der Waals surface area contributed by atoms with E-state index in [4.69, 9.17) is 6.57 Å². The van der Waals surface area contributed by atoms with E-state index in [9.17, 15) is 14.7 Å². The molecule has 148 valence electrons. The van der Waals surface area contributed by atoms with E-state index in [1.165, 1.54) is 7.05 Å². The fourth-order valence-corrected chi connectivity index (χ4v) is 2.71. The highest BCUT2D eigenvalue weighted by Crippen LogP contribution is 2.37. The van der Waals surface area contributed by atoms with E-state index in [0.29, 0.717) is 11.4 Å². The molecule has 10 nitrogen and oxygen atoms in total. The number of nitrogens with zero attached hydrogens (tertiary/aromatic N) is 6. The van der Waals surface area contributed by atoms with Gasteiger partial charge in [0.1, 0.15) is 0 Å². The molecule has 10 heteroatoms. The normalized spacial score (nSPS) is 11.7. The predicted molar refractivity (Wildman–Crippen MR) is 107 cm³/mol. The van der Waals surface area contributed by atoms with E-state index in [0.717, 1.165) is 9.13 Å². The summed E-state index contributed by atoms with van der Waals surface area (Å²) in [6, 6.07) is 8.34. The molecule has 1 aromatic carbocycles. The number of aromatic amines is 1. The molecule has 0 aliphatic heterocycles. The molecule has 0 spiro atoms. The van der Waals surface area contributed by atoms with E-state index in [-0.39, 0.29) is 11.5 Å². The standard InChI is InChI=1S/C19H19N7O3/c1-19(2,3)14-12(20-4)15(24-22-14)23-21-13-16(27)25(5)18(29)26(17(13)28)11-9-7-6-8-10-11/h6-10,28H,1-3,5H3,(H,22,24)/b23-21+. The Kier molecular flexibility index (Phi) is 4.90. The van der Waals surface area contributed by atoms with Crippen LogP contribution >= 0.6 is 0 Å². The Labute approximate surface area is 165 Å². The van der Waals surface area contributed by atoms with Gasteiger partial charge < -0.3 is 5.11 Å². The first kappa shape index (κ1) is 19.8. The van der Waals surface area contributed by atoms with Crippen molar-refractivity contribution in [1.29, 1.82) is 0 Å². The lowest BCUT2D eigenvalue weighted by atomic mass is 9.91. The summed E-state index contributed by atoms with van der Waals surface area (Å²) in [5, 5.41) is 25.1. The van der Waals surface area contributed by atoms with Gasteiger partial charge in [0.05, 0.1) is 18.0 Å². The van der Waals surface area contributed by atoms with Gasteiger partial charge in [-0.25, -0.2) is 14.2 Å². The minimum atomic E-state index is -0.816. The molecule has 0 radical (unpaired) electrons. The van der Waals surface area contributed by atoms with Gasteiger partial charge in [-0.2, -0.15) is 5.10 Å². The fraction of sp³-hybridized carbons (Fsp3) is 0.263. The van der Waals surface area contributed by atoms with Crippen LogP contribution in [0.4, 0.5) is 17.2 Å². The van der Waals surface area contributed by atoms with Gasteiger partial charge in [0.15, 0.2) is 5.82 Å². The number of benzene rings is 1. The summed E-state index contributed by atoms with van der Waals surface area (Å²) in [5.41, 5.74) is -1.33. The van der Waals surface area contributed by atoms with Crippen LogP contribution in [0.25, 0.3) is 10.5 Å². The van der Waals surface area contributed by atoms with Gasteiger partial charge in [0.25, 0.3) is 11.2 Å². The highest BCUT2D eigenvalue weighted by Gasteiger charge is 2.25. The Hall–Kier alpha value is -4.00. The van der Waals surface area contributed by atoms with Crippen molar-refractivity contribution in [2.75, 3.05) is 0 Å². The third-order valence-corrected chi connectivity index (χ3v) is 4.22. The van der Waals surface area contributed by atoms with Crippen molar-refractivity contribution in [1.82, 2.24) is 19.3 Å². The molecule has 3 rings (SSSR count). The second-order valence-electron chi connectivity index (χ2n) is 7.32. The molecular formula is C19H19N7O3. The molecule has 0 aliphatic rings. The summed E-state index contributed by atoms with van der Waals surface area (Å²) in [6.07, 6.45) is 0. The molecule has 3 aromatic rings. The summed E-state index contributed by atoms with van der Waals surface area (Å²) < 4.78 is 1.78. The van der Waals surface area contributed by atoms with Crippen molar-refractivity contribution < 1.29 is 5.11 Å². The van der Waals surface area contributed by atoms with Gasteiger partial charge in [-0.05, 0) is 17.5 Å². The van der Waals surface area contributed by atoms with Crippen LogP contribution in [0.2, 0.25) is 0 Å². The maximum absolute atomic E-state index is 12.5. The largest absolute Gasteiger partial charge is 0.492 e. The molecule has 0 unspecified atom stereocenters. The molecule has 0 saturated heterocycles. The van der Waals surface area contributed by atoms with Crippen molar-refractivity contribution in [2.45, 2.75) is 26.2 Å². The lowest BCUT2D eigenvalue weighted by Gasteiger charge is -2.15. The third-order valence-electron chi connectivity index (χ3n) is 4.22. The van der Waals surface area contributed by atoms with Gasteiger partial charge in [-0.3, -0.25) is 14.5 Å². The average Bonchev–Trinajstić information content (AvgIpc) is 3.10. The molecule has 29 heavy (non-hydrogen) atoms. The number of hydrogen-bond acceptors (Lipinski definition) is 6. The minimum absolute atomic E-state index is 0.0591. The predicted octanol–water partition coefficient (Wildman–Crippen LogP) is 3.23. The average molecular weight is 393 g/mol. The molecule has 2 heterocycles. The Balaban J connectivity index is 2.18. The van der Waals surface area contributed by atoms with Crippen LogP contribution in [0.1, 0.15) is 26.5 Å². The Morgan fingerprint density at radius 1 is 1.17 bits per heavy atom. The van der Waals surface area contributed by atoms with Crippen molar-refractivity contribution in [2.24, 2.45) is 17.3 Å². The van der Waals surface area contributed by atoms with Gasteiger partial charge in [-0.15, -0.1) is 10.2 Å². The number of rotatable bonds is 3. The van der Waals surface area contributed by atoms with Gasteiger partial charge in [-0.1, -0.05) is 39.0 Å². The molecular weight excluding hydrogens is 374 g/mol. The first-order valence-corrected chi connectivity index (χ1v) is 8.65. The maximum Gasteiger partial charge on any atom is 0.338 e. The molecule has 0 aliphatic carbocycles. The minimum Gasteiger partial charge on any atom is -0.492 e. The van der Waals surface area contributed by atoms with E-state index in [1.54, 1.807) is 30.3 Å². The summed E-state index contributed by atoms with van der Waals surface area (Å²) >= 11 is 0. The number of hydrogen-bond donors (Lipinski definition) is 2. The number of aromatic nitrogens is 4. The summed E-state index contributed by atoms with van der Waals surface area (Å²) in [4.78, 5) is 28.4. The molecule has 2 aromatic heterocycles. The smallest absolute Gasteiger partial charge is 0.338 e. The summed E-state index contributed by atoms with van der Waals surface area (Å²) in [5.74, 6) is -0.586. The van der Waals surface area contributed by atoms with Crippen LogP contribution in [0.3, 0.4) is 0 Å². The summed E-state index contributed by atoms with van der Waals surface area (Å²) in [6.45, 7) is 13.1. The number of aromatic hydroxyl groups is 1. The van der Waals surface area contributed by atoms with E-state index < -0.39 is 28.2 Å². The number of nitrogens with one attached hydrogen (secondary N) is 1. The SMILES string of the molecule is [C-]#[N+]c1c(C(C)(C)C)n[nH]c1/N=N/c1c(O)n(-c2ccccc2)c(=O)n(C)c1=O. The second-order valence-corrected chi connectivity index (χ2v) is 7.32. The second kappa shape index (κ2) is 7.20. The van der Waals surface area contributed by atoms with Crippen LogP contribution in [0.5, 0.6) is 5.88 Å².